The molecule has 2 aromatic heterocycles. The maximum Gasteiger partial charge on any atom is 0.278 e. The Hall–Kier alpha value is -2.22. The zero-order valence-corrected chi connectivity index (χ0v) is 14.9. The SMILES string of the molecule is Cc1nnc(SCn2nnc3ccccc3c2=O)n1C1CCCCC1. The first kappa shape index (κ1) is 16.3. The highest BCUT2D eigenvalue weighted by atomic mass is 32.2. The van der Waals surface area contributed by atoms with Crippen molar-refractivity contribution < 1.29 is 0 Å². The lowest BCUT2D eigenvalue weighted by atomic mass is 9.95. The molecule has 0 amide bonds. The summed E-state index contributed by atoms with van der Waals surface area (Å²) in [6, 6.07) is 7.73. The van der Waals surface area contributed by atoms with E-state index in [2.05, 4.69) is 25.1 Å². The lowest BCUT2D eigenvalue weighted by molar-refractivity contribution is 0.331. The average molecular weight is 356 g/mol. The van der Waals surface area contributed by atoms with Gasteiger partial charge in [-0.2, -0.15) is 4.68 Å². The van der Waals surface area contributed by atoms with Crippen LogP contribution in [0.15, 0.2) is 34.2 Å². The molecule has 7 nitrogen and oxygen atoms in total. The predicted molar refractivity (Wildman–Crippen MR) is 96.5 cm³/mol. The number of thioether (sulfide) groups is 1. The Labute approximate surface area is 149 Å². The van der Waals surface area contributed by atoms with E-state index >= 15 is 0 Å². The normalized spacial score (nSPS) is 15.7. The summed E-state index contributed by atoms with van der Waals surface area (Å²) in [6.45, 7) is 1.99. The van der Waals surface area contributed by atoms with Crippen molar-refractivity contribution in [3.63, 3.8) is 0 Å². The van der Waals surface area contributed by atoms with Gasteiger partial charge in [-0.15, -0.1) is 15.3 Å². The quantitative estimate of drug-likeness (QED) is 0.669. The number of rotatable bonds is 4. The van der Waals surface area contributed by atoms with Crippen LogP contribution in [0, 0.1) is 6.92 Å². The number of aryl methyl sites for hydroxylation is 1. The van der Waals surface area contributed by atoms with E-state index in [-0.39, 0.29) is 5.56 Å². The zero-order chi connectivity index (χ0) is 17.2. The highest BCUT2D eigenvalue weighted by Crippen LogP contribution is 2.32. The molecule has 130 valence electrons. The van der Waals surface area contributed by atoms with Crippen LogP contribution >= 0.6 is 11.8 Å². The highest BCUT2D eigenvalue weighted by molar-refractivity contribution is 7.98. The van der Waals surface area contributed by atoms with E-state index in [1.54, 1.807) is 12.1 Å². The molecule has 2 heterocycles. The Morgan fingerprint density at radius 1 is 1.12 bits per heavy atom. The van der Waals surface area contributed by atoms with Gasteiger partial charge in [0.2, 0.25) is 0 Å². The summed E-state index contributed by atoms with van der Waals surface area (Å²) in [5.74, 6) is 1.31. The predicted octanol–water partition coefficient (Wildman–Crippen LogP) is 2.95. The van der Waals surface area contributed by atoms with Crippen LogP contribution in [0.1, 0.15) is 44.0 Å². The summed E-state index contributed by atoms with van der Waals surface area (Å²) in [7, 11) is 0. The van der Waals surface area contributed by atoms with Crippen LogP contribution in [0.4, 0.5) is 0 Å². The summed E-state index contributed by atoms with van der Waals surface area (Å²) in [5.41, 5.74) is 0.494. The van der Waals surface area contributed by atoms with Gasteiger partial charge in [0, 0.05) is 6.04 Å². The van der Waals surface area contributed by atoms with Crippen LogP contribution in [0.3, 0.4) is 0 Å². The Kier molecular flexibility index (Phi) is 4.52. The molecule has 3 aromatic rings. The van der Waals surface area contributed by atoms with Gasteiger partial charge in [-0.05, 0) is 31.9 Å². The molecule has 1 aliphatic carbocycles. The Morgan fingerprint density at radius 3 is 2.76 bits per heavy atom. The number of fused-ring (bicyclic) bond motifs is 1. The van der Waals surface area contributed by atoms with Gasteiger partial charge in [0.25, 0.3) is 5.56 Å². The van der Waals surface area contributed by atoms with Gasteiger partial charge < -0.3 is 4.57 Å². The molecule has 0 N–H and O–H groups in total. The first-order chi connectivity index (χ1) is 12.2. The first-order valence-corrected chi connectivity index (χ1v) is 9.59. The lowest BCUT2D eigenvalue weighted by Crippen LogP contribution is -2.23. The third-order valence-corrected chi connectivity index (χ3v) is 5.63. The largest absolute Gasteiger partial charge is 0.303 e. The van der Waals surface area contributed by atoms with Crippen molar-refractivity contribution in [3.05, 3.63) is 40.4 Å². The van der Waals surface area contributed by atoms with E-state index in [1.807, 2.05) is 19.1 Å². The molecule has 0 spiro atoms. The van der Waals surface area contributed by atoms with E-state index < -0.39 is 0 Å². The summed E-state index contributed by atoms with van der Waals surface area (Å²) < 4.78 is 3.62. The second-order valence-electron chi connectivity index (χ2n) is 6.38. The Balaban J connectivity index is 1.58. The Morgan fingerprint density at radius 2 is 1.92 bits per heavy atom. The minimum Gasteiger partial charge on any atom is -0.303 e. The van der Waals surface area contributed by atoms with Gasteiger partial charge in [-0.1, -0.05) is 48.4 Å². The molecule has 25 heavy (non-hydrogen) atoms. The Bertz CT molecular complexity index is 944. The van der Waals surface area contributed by atoms with E-state index in [0.29, 0.717) is 22.8 Å². The van der Waals surface area contributed by atoms with E-state index in [0.717, 1.165) is 11.0 Å². The standard InChI is InChI=1S/C17H20N6OS/c1-12-18-20-17(23(12)13-7-3-2-4-8-13)25-11-22-16(24)14-9-5-6-10-15(14)19-21-22/h5-6,9-10,13H,2-4,7-8,11H2,1H3. The van der Waals surface area contributed by atoms with Crippen molar-refractivity contribution in [1.82, 2.24) is 29.8 Å². The molecule has 0 radical (unpaired) electrons. The number of hydrogen-bond donors (Lipinski definition) is 0. The number of hydrogen-bond acceptors (Lipinski definition) is 6. The summed E-state index contributed by atoms with van der Waals surface area (Å²) in [5, 5.41) is 18.2. The molecule has 1 aromatic carbocycles. The molecule has 0 bridgehead atoms. The summed E-state index contributed by atoms with van der Waals surface area (Å²) in [6.07, 6.45) is 6.15. The smallest absolute Gasteiger partial charge is 0.278 e. The minimum atomic E-state index is -0.126. The molecule has 0 atom stereocenters. The zero-order valence-electron chi connectivity index (χ0n) is 14.1. The number of benzene rings is 1. The van der Waals surface area contributed by atoms with Crippen LogP contribution in [0.2, 0.25) is 0 Å². The van der Waals surface area contributed by atoms with Crippen molar-refractivity contribution in [2.45, 2.75) is 56.1 Å². The molecular weight excluding hydrogens is 336 g/mol. The topological polar surface area (TPSA) is 78.5 Å². The van der Waals surface area contributed by atoms with Gasteiger partial charge in [-0.3, -0.25) is 4.79 Å². The molecule has 8 heteroatoms. The van der Waals surface area contributed by atoms with Crippen molar-refractivity contribution in [2.24, 2.45) is 0 Å². The van der Waals surface area contributed by atoms with Crippen molar-refractivity contribution in [1.29, 1.82) is 0 Å². The van der Waals surface area contributed by atoms with Crippen LogP contribution < -0.4 is 5.56 Å². The van der Waals surface area contributed by atoms with Crippen molar-refractivity contribution in [2.75, 3.05) is 0 Å². The third-order valence-electron chi connectivity index (χ3n) is 4.72. The van der Waals surface area contributed by atoms with Crippen LogP contribution in [0.5, 0.6) is 0 Å². The summed E-state index contributed by atoms with van der Waals surface area (Å²) in [4.78, 5) is 12.5. The van der Waals surface area contributed by atoms with E-state index in [9.17, 15) is 4.79 Å². The van der Waals surface area contributed by atoms with E-state index in [4.69, 9.17) is 0 Å². The van der Waals surface area contributed by atoms with Gasteiger partial charge >= 0.3 is 0 Å². The third kappa shape index (κ3) is 3.18. The number of aromatic nitrogens is 6. The molecule has 0 saturated heterocycles. The fourth-order valence-electron chi connectivity index (χ4n) is 3.43. The maximum atomic E-state index is 12.5. The molecule has 1 saturated carbocycles. The van der Waals surface area contributed by atoms with Crippen LogP contribution in [0.25, 0.3) is 10.9 Å². The minimum absolute atomic E-state index is 0.126. The van der Waals surface area contributed by atoms with Gasteiger partial charge in [0.1, 0.15) is 11.3 Å². The summed E-state index contributed by atoms with van der Waals surface area (Å²) >= 11 is 1.49. The van der Waals surface area contributed by atoms with Crippen molar-refractivity contribution in [3.8, 4) is 0 Å². The van der Waals surface area contributed by atoms with Crippen LogP contribution in [-0.4, -0.2) is 29.8 Å². The highest BCUT2D eigenvalue weighted by Gasteiger charge is 2.21. The monoisotopic (exact) mass is 356 g/mol. The van der Waals surface area contributed by atoms with Gasteiger partial charge in [-0.25, -0.2) is 0 Å². The fraction of sp³-hybridized carbons (Fsp3) is 0.471. The molecule has 0 aliphatic heterocycles. The van der Waals surface area contributed by atoms with Crippen LogP contribution in [-0.2, 0) is 5.88 Å². The van der Waals surface area contributed by atoms with Gasteiger partial charge in [0.15, 0.2) is 5.16 Å². The fourth-order valence-corrected chi connectivity index (χ4v) is 4.36. The molecule has 0 unspecified atom stereocenters. The second-order valence-corrected chi connectivity index (χ2v) is 7.29. The van der Waals surface area contributed by atoms with E-state index in [1.165, 1.54) is 48.5 Å². The maximum absolute atomic E-state index is 12.5. The number of nitrogens with zero attached hydrogens (tertiary/aromatic N) is 6. The first-order valence-electron chi connectivity index (χ1n) is 8.61. The molecular formula is C17H20N6OS. The molecule has 1 aliphatic rings. The average Bonchev–Trinajstić information content (AvgIpc) is 3.03. The second kappa shape index (κ2) is 6.95. The van der Waals surface area contributed by atoms with Crippen molar-refractivity contribution >= 4 is 22.7 Å². The molecule has 4 rings (SSSR count). The van der Waals surface area contributed by atoms with Gasteiger partial charge in [0.05, 0.1) is 11.3 Å². The lowest BCUT2D eigenvalue weighted by Gasteiger charge is -2.24. The molecule has 1 fully saturated rings.